The maximum absolute atomic E-state index is 6.86. The average molecular weight is 687 g/mol. The molecule has 2 atom stereocenters. The Kier molecular flexibility index (Phi) is 11.3. The van der Waals surface area contributed by atoms with Gasteiger partial charge in [0, 0.05) is 22.3 Å². The summed E-state index contributed by atoms with van der Waals surface area (Å²) in [6, 6.07) is 24.4. The second kappa shape index (κ2) is 14.4. The average Bonchev–Trinajstić information content (AvgIpc) is 2.96. The van der Waals surface area contributed by atoms with Crippen LogP contribution in [0.15, 0.2) is 72.8 Å². The van der Waals surface area contributed by atoms with Crippen molar-refractivity contribution in [3.63, 3.8) is 0 Å². The van der Waals surface area contributed by atoms with Gasteiger partial charge in [-0.15, -0.1) is 0 Å². The number of benzene rings is 4. The minimum atomic E-state index is -0.232. The lowest BCUT2D eigenvalue weighted by atomic mass is 9.72. The van der Waals surface area contributed by atoms with Crippen LogP contribution in [-0.4, -0.2) is 0 Å². The molecule has 0 aliphatic carbocycles. The normalized spacial score (nSPS) is 13.0. The first-order valence-corrected chi connectivity index (χ1v) is 18.5. The fraction of sp³-hybridized carbons (Fsp3) is 0.429. The summed E-state index contributed by atoms with van der Waals surface area (Å²) in [5.41, 5.74) is 8.70. The quantitative estimate of drug-likeness (QED) is 0.164. The van der Waals surface area contributed by atoms with Crippen molar-refractivity contribution >= 4 is 18.1 Å². The molecule has 0 saturated heterocycles. The zero-order valence-corrected chi connectivity index (χ0v) is 33.6. The van der Waals surface area contributed by atoms with Gasteiger partial charge in [-0.25, -0.2) is 0 Å². The van der Waals surface area contributed by atoms with E-state index in [0.717, 1.165) is 45.3 Å². The molecular formula is C42H56O4P2. The van der Waals surface area contributed by atoms with Crippen LogP contribution in [0.3, 0.4) is 0 Å². The van der Waals surface area contributed by atoms with E-state index >= 15 is 0 Å². The highest BCUT2D eigenvalue weighted by atomic mass is 31.1. The molecule has 0 N–H and O–H groups in total. The molecule has 0 heterocycles. The third-order valence-corrected chi connectivity index (χ3v) is 9.87. The molecular weight excluding hydrogens is 630 g/mol. The van der Waals surface area contributed by atoms with Crippen LogP contribution in [0.2, 0.25) is 0 Å². The van der Waals surface area contributed by atoms with E-state index in [2.05, 4.69) is 109 Å². The van der Waals surface area contributed by atoms with E-state index in [1.807, 2.05) is 60.7 Å². The molecule has 4 nitrogen and oxygen atoms in total. The van der Waals surface area contributed by atoms with E-state index in [1.165, 1.54) is 22.3 Å². The monoisotopic (exact) mass is 686 g/mol. The third kappa shape index (κ3) is 8.74. The Morgan fingerprint density at radius 1 is 0.396 bits per heavy atom. The lowest BCUT2D eigenvalue weighted by Crippen LogP contribution is -2.22. The van der Waals surface area contributed by atoms with Gasteiger partial charge in [-0.2, -0.15) is 0 Å². The van der Waals surface area contributed by atoms with E-state index < -0.39 is 0 Å². The minimum absolute atomic E-state index is 0.109. The molecule has 0 fully saturated rings. The van der Waals surface area contributed by atoms with Crippen molar-refractivity contribution in [1.29, 1.82) is 0 Å². The Balaban J connectivity index is 2.10. The molecule has 48 heavy (non-hydrogen) atoms. The molecule has 0 spiro atoms. The van der Waals surface area contributed by atoms with Crippen molar-refractivity contribution in [2.45, 2.75) is 119 Å². The summed E-state index contributed by atoms with van der Waals surface area (Å²) in [5, 5.41) is 0. The fourth-order valence-electron chi connectivity index (χ4n) is 6.20. The molecule has 0 bridgehead atoms. The molecule has 2 unspecified atom stereocenters. The zero-order chi connectivity index (χ0) is 35.7. The van der Waals surface area contributed by atoms with E-state index in [9.17, 15) is 0 Å². The van der Waals surface area contributed by atoms with Crippen molar-refractivity contribution < 1.29 is 18.1 Å². The first-order valence-electron chi connectivity index (χ1n) is 16.9. The lowest BCUT2D eigenvalue weighted by molar-refractivity contribution is 0.484. The number of para-hydroxylation sites is 2. The number of hydrogen-bond acceptors (Lipinski definition) is 4. The molecule has 0 aliphatic heterocycles. The van der Waals surface area contributed by atoms with Crippen LogP contribution < -0.4 is 18.1 Å². The van der Waals surface area contributed by atoms with Crippen LogP contribution in [0.5, 0.6) is 23.0 Å². The second-order valence-electron chi connectivity index (χ2n) is 16.8. The van der Waals surface area contributed by atoms with Crippen molar-refractivity contribution in [2.24, 2.45) is 0 Å². The summed E-state index contributed by atoms with van der Waals surface area (Å²) in [4.78, 5) is 0. The van der Waals surface area contributed by atoms with Crippen LogP contribution in [0, 0.1) is 13.8 Å². The van der Waals surface area contributed by atoms with Crippen molar-refractivity contribution in [1.82, 2.24) is 0 Å². The molecule has 0 saturated carbocycles. The second-order valence-corrected chi connectivity index (χ2v) is 18.0. The minimum Gasteiger partial charge on any atom is -0.441 e. The molecule has 0 aliphatic rings. The summed E-state index contributed by atoms with van der Waals surface area (Å²) < 4.78 is 26.1. The maximum atomic E-state index is 6.86. The van der Waals surface area contributed by atoms with E-state index in [0.29, 0.717) is 0 Å². The molecule has 4 rings (SSSR count). The smallest absolute Gasteiger partial charge is 0.275 e. The zero-order valence-electron chi connectivity index (χ0n) is 31.6. The van der Waals surface area contributed by atoms with Gasteiger partial charge in [0.25, 0.3) is 18.1 Å². The van der Waals surface area contributed by atoms with Crippen molar-refractivity contribution in [3.8, 4) is 34.1 Å². The van der Waals surface area contributed by atoms with Gasteiger partial charge in [-0.3, -0.25) is 0 Å². The van der Waals surface area contributed by atoms with Crippen LogP contribution in [0.4, 0.5) is 0 Å². The highest BCUT2D eigenvalue weighted by molar-refractivity contribution is 7.27. The predicted octanol–water partition coefficient (Wildman–Crippen LogP) is 13.1. The molecule has 258 valence electrons. The fourth-order valence-corrected chi connectivity index (χ4v) is 7.34. The van der Waals surface area contributed by atoms with Gasteiger partial charge in [0.2, 0.25) is 0 Å². The summed E-state index contributed by atoms with van der Waals surface area (Å²) >= 11 is 0. The topological polar surface area (TPSA) is 36.9 Å². The van der Waals surface area contributed by atoms with Gasteiger partial charge in [0.1, 0.15) is 23.0 Å². The van der Waals surface area contributed by atoms with Gasteiger partial charge >= 0.3 is 0 Å². The van der Waals surface area contributed by atoms with Crippen molar-refractivity contribution in [2.75, 3.05) is 0 Å². The molecule has 0 aromatic heterocycles. The third-order valence-electron chi connectivity index (χ3n) is 8.65. The summed E-state index contributed by atoms with van der Waals surface area (Å²) in [6.07, 6.45) is 0. The van der Waals surface area contributed by atoms with Gasteiger partial charge in [-0.05, 0) is 82.0 Å². The summed E-state index contributed by atoms with van der Waals surface area (Å²) in [7, 11) is -0.464. The first-order chi connectivity index (χ1) is 22.2. The maximum Gasteiger partial charge on any atom is 0.275 e. The summed E-state index contributed by atoms with van der Waals surface area (Å²) in [5.74, 6) is 3.24. The van der Waals surface area contributed by atoms with Crippen LogP contribution >= 0.6 is 18.1 Å². The molecule has 0 amide bonds. The highest BCUT2D eigenvalue weighted by Gasteiger charge is 2.35. The molecule has 6 heteroatoms. The van der Waals surface area contributed by atoms with Crippen LogP contribution in [-0.2, 0) is 21.7 Å². The van der Waals surface area contributed by atoms with Gasteiger partial charge < -0.3 is 18.1 Å². The Labute approximate surface area is 294 Å². The van der Waals surface area contributed by atoms with Crippen molar-refractivity contribution in [3.05, 3.63) is 106 Å². The Morgan fingerprint density at radius 2 is 0.688 bits per heavy atom. The Hall–Kier alpha value is -3.06. The van der Waals surface area contributed by atoms with E-state index in [4.69, 9.17) is 18.1 Å². The molecule has 4 aromatic rings. The first kappa shape index (κ1) is 37.8. The van der Waals surface area contributed by atoms with Gasteiger partial charge in [-0.1, -0.05) is 132 Å². The number of rotatable bonds is 9. The highest BCUT2D eigenvalue weighted by Crippen LogP contribution is 2.54. The SMILES string of the molecule is Cc1c(C(C)(C)C)cc(C(C)(C)C)c(OPOc2ccccc2)c1-c1c(C)c(C(C)(C)C)cc(C(C)(C)C)c1OPOc1ccccc1. The van der Waals surface area contributed by atoms with E-state index in [1.54, 1.807) is 0 Å². The summed E-state index contributed by atoms with van der Waals surface area (Å²) in [6.45, 7) is 31.8. The number of hydrogen-bond donors (Lipinski definition) is 0. The van der Waals surface area contributed by atoms with Gasteiger partial charge in [0.15, 0.2) is 0 Å². The predicted molar refractivity (Wildman–Crippen MR) is 208 cm³/mol. The van der Waals surface area contributed by atoms with Gasteiger partial charge in [0.05, 0.1) is 0 Å². The Morgan fingerprint density at radius 3 is 0.958 bits per heavy atom. The van der Waals surface area contributed by atoms with Crippen LogP contribution in [0.1, 0.15) is 116 Å². The Bertz CT molecular complexity index is 1570. The largest absolute Gasteiger partial charge is 0.441 e. The molecule has 0 radical (unpaired) electrons. The molecule has 4 aromatic carbocycles. The van der Waals surface area contributed by atoms with E-state index in [-0.39, 0.29) is 39.7 Å². The lowest BCUT2D eigenvalue weighted by Gasteiger charge is -2.35. The standard InChI is InChI=1S/C42H56O4P2/c1-27-31(39(3,4)5)25-33(41(9,10)11)37(45-47-43-29-21-17-15-18-22-29)35(27)36-28(2)32(40(6,7)8)26-34(42(12,13)14)38(36)46-48-44-30-23-19-16-20-24-30/h15-26,47-48H,1-14H3. The van der Waals surface area contributed by atoms with Crippen LogP contribution in [0.25, 0.3) is 11.1 Å².